The zero-order valence-corrected chi connectivity index (χ0v) is 11.3. The summed E-state index contributed by atoms with van der Waals surface area (Å²) >= 11 is 0. The fourth-order valence-corrected chi connectivity index (χ4v) is 2.28. The van der Waals surface area contributed by atoms with Gasteiger partial charge in [-0.1, -0.05) is 0 Å². The molecule has 18 heavy (non-hydrogen) atoms. The maximum absolute atomic E-state index is 5.94. The third-order valence-corrected chi connectivity index (χ3v) is 3.16. The van der Waals surface area contributed by atoms with E-state index in [1.54, 1.807) is 0 Å². The minimum Gasteiger partial charge on any atom is -0.494 e. The van der Waals surface area contributed by atoms with E-state index in [0.29, 0.717) is 12.6 Å². The van der Waals surface area contributed by atoms with Crippen LogP contribution in [0.2, 0.25) is 0 Å². The van der Waals surface area contributed by atoms with Crippen molar-refractivity contribution in [3.8, 4) is 5.75 Å². The third-order valence-electron chi connectivity index (χ3n) is 3.16. The zero-order chi connectivity index (χ0) is 13.1. The van der Waals surface area contributed by atoms with Gasteiger partial charge in [-0.25, -0.2) is 0 Å². The van der Waals surface area contributed by atoms with Crippen LogP contribution in [0.15, 0.2) is 18.2 Å². The molecule has 0 spiro atoms. The summed E-state index contributed by atoms with van der Waals surface area (Å²) in [5, 5.41) is 0. The van der Waals surface area contributed by atoms with Crippen molar-refractivity contribution in [2.24, 2.45) is 0 Å². The van der Waals surface area contributed by atoms with Gasteiger partial charge < -0.3 is 20.1 Å². The molecule has 2 rings (SSSR count). The second-order valence-electron chi connectivity index (χ2n) is 4.84. The monoisotopic (exact) mass is 250 g/mol. The average Bonchev–Trinajstić information content (AvgIpc) is 2.32. The number of morpholine rings is 1. The molecule has 1 saturated heterocycles. The van der Waals surface area contributed by atoms with Crippen molar-refractivity contribution >= 4 is 11.4 Å². The van der Waals surface area contributed by atoms with E-state index in [4.69, 9.17) is 15.2 Å². The van der Waals surface area contributed by atoms with E-state index in [0.717, 1.165) is 30.3 Å². The number of ether oxygens (including phenoxy) is 2. The molecule has 100 valence electrons. The second kappa shape index (κ2) is 5.48. The number of benzene rings is 1. The Morgan fingerprint density at radius 1 is 1.39 bits per heavy atom. The highest BCUT2D eigenvalue weighted by molar-refractivity contribution is 5.61. The van der Waals surface area contributed by atoms with Crippen LogP contribution in [0, 0.1) is 0 Å². The molecule has 2 unspecified atom stereocenters. The SMILES string of the molecule is CCOc1cc(N)cc(N2CC(C)OCC2C)c1. The van der Waals surface area contributed by atoms with Crippen molar-refractivity contribution in [1.29, 1.82) is 0 Å². The van der Waals surface area contributed by atoms with Gasteiger partial charge in [0, 0.05) is 36.1 Å². The lowest BCUT2D eigenvalue weighted by Gasteiger charge is -2.38. The van der Waals surface area contributed by atoms with Crippen LogP contribution in [0.4, 0.5) is 11.4 Å². The lowest BCUT2D eigenvalue weighted by Crippen LogP contribution is -2.47. The summed E-state index contributed by atoms with van der Waals surface area (Å²) < 4.78 is 11.2. The molecular weight excluding hydrogens is 228 g/mol. The third kappa shape index (κ3) is 2.88. The first-order chi connectivity index (χ1) is 8.60. The van der Waals surface area contributed by atoms with Gasteiger partial charge >= 0.3 is 0 Å². The van der Waals surface area contributed by atoms with Crippen molar-refractivity contribution < 1.29 is 9.47 Å². The first-order valence-corrected chi connectivity index (χ1v) is 6.51. The average molecular weight is 250 g/mol. The summed E-state index contributed by atoms with van der Waals surface area (Å²) in [6.07, 6.45) is 0.248. The number of anilines is 2. The van der Waals surface area contributed by atoms with Gasteiger partial charge in [0.2, 0.25) is 0 Å². The molecule has 4 heteroatoms. The molecule has 0 aliphatic carbocycles. The van der Waals surface area contributed by atoms with E-state index >= 15 is 0 Å². The molecular formula is C14H22N2O2. The highest BCUT2D eigenvalue weighted by Crippen LogP contribution is 2.28. The molecule has 0 aromatic heterocycles. The fraction of sp³-hybridized carbons (Fsp3) is 0.571. The van der Waals surface area contributed by atoms with E-state index in [2.05, 4.69) is 24.8 Å². The van der Waals surface area contributed by atoms with Gasteiger partial charge in [-0.3, -0.25) is 0 Å². The van der Waals surface area contributed by atoms with Gasteiger partial charge in [-0.2, -0.15) is 0 Å². The maximum Gasteiger partial charge on any atom is 0.123 e. The lowest BCUT2D eigenvalue weighted by molar-refractivity contribution is 0.0343. The Kier molecular flexibility index (Phi) is 3.97. The number of hydrogen-bond acceptors (Lipinski definition) is 4. The van der Waals surface area contributed by atoms with E-state index in [9.17, 15) is 0 Å². The maximum atomic E-state index is 5.94. The minimum absolute atomic E-state index is 0.248. The molecule has 0 amide bonds. The van der Waals surface area contributed by atoms with Crippen molar-refractivity contribution in [2.75, 3.05) is 30.4 Å². The standard InChI is InChI=1S/C14H22N2O2/c1-4-17-14-6-12(15)5-13(7-14)16-8-11(3)18-9-10(16)2/h5-7,10-11H,4,8-9,15H2,1-3H3. The topological polar surface area (TPSA) is 47.7 Å². The van der Waals surface area contributed by atoms with Crippen LogP contribution in [-0.2, 0) is 4.74 Å². The molecule has 0 bridgehead atoms. The van der Waals surface area contributed by atoms with E-state index in [-0.39, 0.29) is 6.10 Å². The highest BCUT2D eigenvalue weighted by Gasteiger charge is 2.24. The Bertz CT molecular complexity index is 409. The van der Waals surface area contributed by atoms with E-state index in [1.165, 1.54) is 0 Å². The normalized spacial score (nSPS) is 24.1. The number of rotatable bonds is 3. The van der Waals surface area contributed by atoms with Crippen LogP contribution in [0.3, 0.4) is 0 Å². The van der Waals surface area contributed by atoms with Crippen LogP contribution in [-0.4, -0.2) is 31.9 Å². The molecule has 1 aliphatic rings. The molecule has 1 heterocycles. The van der Waals surface area contributed by atoms with Gasteiger partial charge in [-0.15, -0.1) is 0 Å². The smallest absolute Gasteiger partial charge is 0.123 e. The summed E-state index contributed by atoms with van der Waals surface area (Å²) in [4.78, 5) is 2.33. The highest BCUT2D eigenvalue weighted by atomic mass is 16.5. The van der Waals surface area contributed by atoms with Gasteiger partial charge in [0.1, 0.15) is 5.75 Å². The predicted molar refractivity (Wildman–Crippen MR) is 74.2 cm³/mol. The van der Waals surface area contributed by atoms with Crippen molar-refractivity contribution in [3.63, 3.8) is 0 Å². The Morgan fingerprint density at radius 2 is 2.17 bits per heavy atom. The van der Waals surface area contributed by atoms with Crippen LogP contribution in [0.1, 0.15) is 20.8 Å². The number of nitrogens with two attached hydrogens (primary N) is 1. The van der Waals surface area contributed by atoms with Crippen molar-refractivity contribution in [2.45, 2.75) is 32.9 Å². The van der Waals surface area contributed by atoms with Gasteiger partial charge in [0.05, 0.1) is 19.3 Å². The number of hydrogen-bond donors (Lipinski definition) is 1. The molecule has 1 aromatic carbocycles. The zero-order valence-electron chi connectivity index (χ0n) is 11.3. The molecule has 1 aliphatic heterocycles. The first-order valence-electron chi connectivity index (χ1n) is 6.51. The van der Waals surface area contributed by atoms with Crippen molar-refractivity contribution in [3.05, 3.63) is 18.2 Å². The molecule has 0 saturated carbocycles. The molecule has 0 radical (unpaired) electrons. The molecule has 2 N–H and O–H groups in total. The Labute approximate surface area is 109 Å². The van der Waals surface area contributed by atoms with Crippen LogP contribution in [0.5, 0.6) is 5.75 Å². The summed E-state index contributed by atoms with van der Waals surface area (Å²) in [6.45, 7) is 8.51. The molecule has 1 fully saturated rings. The Morgan fingerprint density at radius 3 is 2.89 bits per heavy atom. The van der Waals surface area contributed by atoms with Crippen LogP contribution >= 0.6 is 0 Å². The Balaban J connectivity index is 2.25. The van der Waals surface area contributed by atoms with Gasteiger partial charge in [0.25, 0.3) is 0 Å². The number of nitrogen functional groups attached to an aromatic ring is 1. The minimum atomic E-state index is 0.248. The predicted octanol–water partition coefficient (Wildman–Crippen LogP) is 2.28. The quantitative estimate of drug-likeness (QED) is 0.836. The van der Waals surface area contributed by atoms with E-state index in [1.807, 2.05) is 19.1 Å². The summed E-state index contributed by atoms with van der Waals surface area (Å²) in [6, 6.07) is 6.27. The van der Waals surface area contributed by atoms with Crippen LogP contribution < -0.4 is 15.4 Å². The largest absolute Gasteiger partial charge is 0.494 e. The summed E-state index contributed by atoms with van der Waals surface area (Å²) in [5.74, 6) is 0.832. The molecule has 4 nitrogen and oxygen atoms in total. The summed E-state index contributed by atoms with van der Waals surface area (Å²) in [7, 11) is 0. The van der Waals surface area contributed by atoms with Gasteiger partial charge in [-0.05, 0) is 26.8 Å². The number of nitrogens with zero attached hydrogens (tertiary/aromatic N) is 1. The van der Waals surface area contributed by atoms with Gasteiger partial charge in [0.15, 0.2) is 0 Å². The van der Waals surface area contributed by atoms with E-state index < -0.39 is 0 Å². The lowest BCUT2D eigenvalue weighted by atomic mass is 10.1. The fourth-order valence-electron chi connectivity index (χ4n) is 2.28. The molecule has 2 atom stereocenters. The van der Waals surface area contributed by atoms with Crippen LogP contribution in [0.25, 0.3) is 0 Å². The van der Waals surface area contributed by atoms with Crippen molar-refractivity contribution in [1.82, 2.24) is 0 Å². The Hall–Kier alpha value is -1.42. The second-order valence-corrected chi connectivity index (χ2v) is 4.84. The molecule has 1 aromatic rings. The summed E-state index contributed by atoms with van der Waals surface area (Å²) in [5.41, 5.74) is 7.79. The first kappa shape index (κ1) is 13.0.